The summed E-state index contributed by atoms with van der Waals surface area (Å²) in [4.78, 5) is 0.144. The van der Waals surface area contributed by atoms with Crippen LogP contribution in [-0.2, 0) is 14.8 Å². The van der Waals surface area contributed by atoms with Crippen molar-refractivity contribution in [2.75, 3.05) is 19.5 Å². The molecule has 8 heteroatoms. The lowest BCUT2D eigenvalue weighted by molar-refractivity contribution is 0.188. The molecule has 0 amide bonds. The zero-order valence-electron chi connectivity index (χ0n) is 10.6. The first-order chi connectivity index (χ1) is 8.77. The van der Waals surface area contributed by atoms with Gasteiger partial charge >= 0.3 is 0 Å². The minimum Gasteiger partial charge on any atom is -0.399 e. The number of hydrogen-bond donors (Lipinski definition) is 2. The first-order valence-corrected chi connectivity index (χ1v) is 8.60. The predicted octanol–water partition coefficient (Wildman–Crippen LogP) is 2.50. The monoisotopic (exact) mass is 414 g/mol. The third kappa shape index (κ3) is 4.71. The second-order valence-electron chi connectivity index (χ2n) is 4.12. The molecule has 0 aliphatic heterocycles. The third-order valence-electron chi connectivity index (χ3n) is 2.40. The zero-order chi connectivity index (χ0) is 14.6. The Morgan fingerprint density at radius 2 is 1.89 bits per heavy atom. The molecule has 0 heterocycles. The molecule has 0 radical (unpaired) electrons. The van der Waals surface area contributed by atoms with Crippen molar-refractivity contribution in [1.82, 2.24) is 4.72 Å². The molecule has 0 spiro atoms. The van der Waals surface area contributed by atoms with E-state index in [0.717, 1.165) is 0 Å². The van der Waals surface area contributed by atoms with Gasteiger partial charge in [-0.05, 0) is 57.3 Å². The van der Waals surface area contributed by atoms with Crippen molar-refractivity contribution in [3.63, 3.8) is 0 Å². The fourth-order valence-corrected chi connectivity index (χ4v) is 5.41. The summed E-state index contributed by atoms with van der Waals surface area (Å²) in [7, 11) is -2.05. The maximum Gasteiger partial charge on any atom is 0.243 e. The molecule has 0 bridgehead atoms. The molecule has 0 aliphatic carbocycles. The van der Waals surface area contributed by atoms with Crippen LogP contribution < -0.4 is 10.5 Å². The van der Waals surface area contributed by atoms with Gasteiger partial charge in [0.25, 0.3) is 0 Å². The van der Waals surface area contributed by atoms with Crippen molar-refractivity contribution >= 4 is 47.6 Å². The van der Waals surface area contributed by atoms with Crippen LogP contribution in [0.2, 0.25) is 0 Å². The quantitative estimate of drug-likeness (QED) is 0.699. The number of halogens is 2. The molecule has 3 N–H and O–H groups in total. The van der Waals surface area contributed by atoms with E-state index in [9.17, 15) is 8.42 Å². The van der Waals surface area contributed by atoms with Gasteiger partial charge in [0.1, 0.15) is 4.90 Å². The lowest BCUT2D eigenvalue weighted by atomic mass is 10.3. The summed E-state index contributed by atoms with van der Waals surface area (Å²) in [6, 6.07) is 2.89. The first-order valence-electron chi connectivity index (χ1n) is 5.53. The summed E-state index contributed by atoms with van der Waals surface area (Å²) in [5.74, 6) is 0. The van der Waals surface area contributed by atoms with E-state index in [1.807, 2.05) is 0 Å². The van der Waals surface area contributed by atoms with Crippen molar-refractivity contribution in [2.45, 2.75) is 24.3 Å². The van der Waals surface area contributed by atoms with E-state index >= 15 is 0 Å². The standard InChI is InChI=1S/C11H16Br2N2O3S/c1-7(3-4-18-2)15-19(16,17)11-9(12)5-8(14)6-10(11)13/h5-7,15H,3-4,14H2,1-2H3. The van der Waals surface area contributed by atoms with Gasteiger partial charge in [-0.15, -0.1) is 0 Å². The Bertz CT molecular complexity index is 526. The van der Waals surface area contributed by atoms with Gasteiger partial charge in [0.15, 0.2) is 0 Å². The molecule has 0 fully saturated rings. The Hall–Kier alpha value is -0.150. The molecule has 1 atom stereocenters. The van der Waals surface area contributed by atoms with Crippen molar-refractivity contribution in [2.24, 2.45) is 0 Å². The third-order valence-corrected chi connectivity index (χ3v) is 5.87. The molecule has 0 saturated carbocycles. The highest BCUT2D eigenvalue weighted by atomic mass is 79.9. The lowest BCUT2D eigenvalue weighted by Crippen LogP contribution is -2.33. The fourth-order valence-electron chi connectivity index (χ4n) is 1.51. The van der Waals surface area contributed by atoms with Crippen LogP contribution in [0.1, 0.15) is 13.3 Å². The van der Waals surface area contributed by atoms with Gasteiger partial charge in [-0.3, -0.25) is 0 Å². The summed E-state index contributed by atoms with van der Waals surface area (Å²) in [5.41, 5.74) is 6.12. The maximum atomic E-state index is 12.3. The molecule has 19 heavy (non-hydrogen) atoms. The van der Waals surface area contributed by atoms with Gasteiger partial charge in [0.05, 0.1) is 0 Å². The molecule has 0 aromatic heterocycles. The fraction of sp³-hybridized carbons (Fsp3) is 0.455. The van der Waals surface area contributed by atoms with E-state index < -0.39 is 10.0 Å². The number of rotatable bonds is 6. The van der Waals surface area contributed by atoms with Crippen LogP contribution in [0.3, 0.4) is 0 Å². The van der Waals surface area contributed by atoms with E-state index in [1.165, 1.54) is 0 Å². The van der Waals surface area contributed by atoms with Gasteiger partial charge in [-0.25, -0.2) is 13.1 Å². The average Bonchev–Trinajstić information content (AvgIpc) is 2.23. The number of benzene rings is 1. The molecular formula is C11H16Br2N2O3S. The zero-order valence-corrected chi connectivity index (χ0v) is 14.6. The molecule has 1 aromatic rings. The molecule has 1 rings (SSSR count). The number of methoxy groups -OCH3 is 1. The molecule has 0 aliphatic rings. The highest BCUT2D eigenvalue weighted by Gasteiger charge is 2.23. The Morgan fingerprint density at radius 1 is 1.37 bits per heavy atom. The van der Waals surface area contributed by atoms with Crippen LogP contribution in [0.25, 0.3) is 0 Å². The minimum atomic E-state index is -3.62. The summed E-state index contributed by atoms with van der Waals surface area (Å²) in [6.45, 7) is 2.28. The lowest BCUT2D eigenvalue weighted by Gasteiger charge is -2.16. The molecule has 1 aromatic carbocycles. The van der Waals surface area contributed by atoms with Crippen molar-refractivity contribution in [3.05, 3.63) is 21.1 Å². The molecule has 5 nitrogen and oxygen atoms in total. The van der Waals surface area contributed by atoms with E-state index in [1.54, 1.807) is 26.2 Å². The van der Waals surface area contributed by atoms with Crippen LogP contribution in [0.5, 0.6) is 0 Å². The number of hydrogen-bond acceptors (Lipinski definition) is 4. The van der Waals surface area contributed by atoms with Crippen molar-refractivity contribution < 1.29 is 13.2 Å². The number of sulfonamides is 1. The van der Waals surface area contributed by atoms with Crippen molar-refractivity contribution in [1.29, 1.82) is 0 Å². The van der Waals surface area contributed by atoms with Crippen LogP contribution in [-0.4, -0.2) is 28.2 Å². The van der Waals surface area contributed by atoms with Gasteiger partial charge < -0.3 is 10.5 Å². The summed E-state index contributed by atoms with van der Waals surface area (Å²) in [5, 5.41) is 0. The summed E-state index contributed by atoms with van der Waals surface area (Å²) < 4.78 is 33.0. The Balaban J connectivity index is 3.01. The normalized spacial score (nSPS) is 13.5. The number of anilines is 1. The summed E-state index contributed by atoms with van der Waals surface area (Å²) >= 11 is 6.44. The molecule has 0 saturated heterocycles. The van der Waals surface area contributed by atoms with Crippen molar-refractivity contribution in [3.8, 4) is 0 Å². The summed E-state index contributed by atoms with van der Waals surface area (Å²) in [6.07, 6.45) is 0.597. The van der Waals surface area contributed by atoms with E-state index in [2.05, 4.69) is 36.6 Å². The molecule has 108 valence electrons. The van der Waals surface area contributed by atoms with E-state index in [0.29, 0.717) is 27.7 Å². The van der Waals surface area contributed by atoms with Crippen LogP contribution in [0.4, 0.5) is 5.69 Å². The van der Waals surface area contributed by atoms with E-state index in [4.69, 9.17) is 10.5 Å². The van der Waals surface area contributed by atoms with Crippen LogP contribution in [0, 0.1) is 0 Å². The largest absolute Gasteiger partial charge is 0.399 e. The Kier molecular flexibility index (Phi) is 6.25. The molecule has 1 unspecified atom stereocenters. The SMILES string of the molecule is COCCC(C)NS(=O)(=O)c1c(Br)cc(N)cc1Br. The average molecular weight is 416 g/mol. The van der Waals surface area contributed by atoms with Gasteiger partial charge in [0, 0.05) is 34.4 Å². The number of nitrogen functional groups attached to an aromatic ring is 1. The molecular weight excluding hydrogens is 400 g/mol. The van der Waals surface area contributed by atoms with Gasteiger partial charge in [-0.1, -0.05) is 0 Å². The minimum absolute atomic E-state index is 0.144. The predicted molar refractivity (Wildman–Crippen MR) is 82.5 cm³/mol. The second kappa shape index (κ2) is 7.03. The van der Waals surface area contributed by atoms with Gasteiger partial charge in [0.2, 0.25) is 10.0 Å². The second-order valence-corrected chi connectivity index (χ2v) is 7.48. The highest BCUT2D eigenvalue weighted by molar-refractivity contribution is 9.11. The Morgan fingerprint density at radius 3 is 2.37 bits per heavy atom. The smallest absolute Gasteiger partial charge is 0.243 e. The van der Waals surface area contributed by atoms with Crippen LogP contribution in [0.15, 0.2) is 26.0 Å². The topological polar surface area (TPSA) is 81.4 Å². The van der Waals surface area contributed by atoms with Crippen LogP contribution >= 0.6 is 31.9 Å². The van der Waals surface area contributed by atoms with E-state index in [-0.39, 0.29) is 10.9 Å². The highest BCUT2D eigenvalue weighted by Crippen LogP contribution is 2.32. The maximum absolute atomic E-state index is 12.3. The number of ether oxygens (including phenoxy) is 1. The number of nitrogens with one attached hydrogen (secondary N) is 1. The number of nitrogens with two attached hydrogens (primary N) is 1. The first kappa shape index (κ1) is 16.9. The Labute approximate surface area is 130 Å². The van der Waals surface area contributed by atoms with Gasteiger partial charge in [-0.2, -0.15) is 0 Å².